The van der Waals surface area contributed by atoms with Crippen molar-refractivity contribution in [1.29, 1.82) is 0 Å². The van der Waals surface area contributed by atoms with E-state index < -0.39 is 0 Å². The number of piperidine rings is 1. The number of aromatic nitrogens is 4. The summed E-state index contributed by atoms with van der Waals surface area (Å²) < 4.78 is 2.09. The SMILES string of the molecule is CN1CCC[C@@H](Cn2ccc(-c3cccc(-c4cnccn4)c3)n2)C1. The summed E-state index contributed by atoms with van der Waals surface area (Å²) in [5.41, 5.74) is 4.07. The quantitative estimate of drug-likeness (QED) is 0.734. The fraction of sp³-hybridized carbons (Fsp3) is 0.350. The van der Waals surface area contributed by atoms with E-state index in [9.17, 15) is 0 Å². The van der Waals surface area contributed by atoms with Crippen molar-refractivity contribution >= 4 is 0 Å². The lowest BCUT2D eigenvalue weighted by Crippen LogP contribution is -2.34. The molecular formula is C20H23N5. The fourth-order valence-electron chi connectivity index (χ4n) is 3.59. The first kappa shape index (κ1) is 16.0. The van der Waals surface area contributed by atoms with Gasteiger partial charge in [0.2, 0.25) is 0 Å². The Hall–Kier alpha value is -2.53. The molecule has 1 atom stereocenters. The van der Waals surface area contributed by atoms with Crippen LogP contribution in [0.4, 0.5) is 0 Å². The van der Waals surface area contributed by atoms with Crippen LogP contribution in [0.5, 0.6) is 0 Å². The van der Waals surface area contributed by atoms with E-state index in [0.29, 0.717) is 5.92 Å². The first-order valence-electron chi connectivity index (χ1n) is 8.87. The molecule has 3 heterocycles. The summed E-state index contributed by atoms with van der Waals surface area (Å²) in [5, 5.41) is 4.80. The lowest BCUT2D eigenvalue weighted by molar-refractivity contribution is 0.191. The van der Waals surface area contributed by atoms with E-state index in [1.165, 1.54) is 19.4 Å². The Bertz CT molecular complexity index is 827. The summed E-state index contributed by atoms with van der Waals surface area (Å²) in [5.74, 6) is 0.692. The zero-order valence-corrected chi connectivity index (χ0v) is 14.5. The highest BCUT2D eigenvalue weighted by Crippen LogP contribution is 2.24. The molecule has 0 spiro atoms. The second kappa shape index (κ2) is 7.15. The van der Waals surface area contributed by atoms with Gasteiger partial charge in [0, 0.05) is 42.8 Å². The zero-order chi connectivity index (χ0) is 17.1. The van der Waals surface area contributed by atoms with E-state index in [1.807, 2.05) is 0 Å². The molecule has 0 N–H and O–H groups in total. The molecule has 1 saturated heterocycles. The average molecular weight is 333 g/mol. The molecule has 0 amide bonds. The van der Waals surface area contributed by atoms with E-state index in [-0.39, 0.29) is 0 Å². The highest BCUT2D eigenvalue weighted by atomic mass is 15.3. The van der Waals surface area contributed by atoms with Gasteiger partial charge >= 0.3 is 0 Å². The van der Waals surface area contributed by atoms with Crippen molar-refractivity contribution in [3.63, 3.8) is 0 Å². The number of likely N-dealkylation sites (tertiary alicyclic amines) is 1. The number of hydrogen-bond acceptors (Lipinski definition) is 4. The van der Waals surface area contributed by atoms with Crippen molar-refractivity contribution in [1.82, 2.24) is 24.6 Å². The van der Waals surface area contributed by atoms with Gasteiger partial charge in [0.05, 0.1) is 17.6 Å². The molecule has 0 unspecified atom stereocenters. The van der Waals surface area contributed by atoms with Crippen LogP contribution in [-0.2, 0) is 6.54 Å². The molecule has 1 fully saturated rings. The monoisotopic (exact) mass is 333 g/mol. The van der Waals surface area contributed by atoms with Crippen molar-refractivity contribution in [2.75, 3.05) is 20.1 Å². The van der Waals surface area contributed by atoms with Gasteiger partial charge in [-0.2, -0.15) is 5.10 Å². The van der Waals surface area contributed by atoms with Gasteiger partial charge in [0.1, 0.15) is 0 Å². The van der Waals surface area contributed by atoms with Gasteiger partial charge in [0.15, 0.2) is 0 Å². The Morgan fingerprint density at radius 2 is 2.00 bits per heavy atom. The average Bonchev–Trinajstić information content (AvgIpc) is 3.11. The maximum absolute atomic E-state index is 4.80. The zero-order valence-electron chi connectivity index (χ0n) is 14.5. The predicted molar refractivity (Wildman–Crippen MR) is 98.9 cm³/mol. The molecule has 128 valence electrons. The fourth-order valence-corrected chi connectivity index (χ4v) is 3.59. The van der Waals surface area contributed by atoms with Crippen LogP contribution in [0, 0.1) is 5.92 Å². The molecule has 0 saturated carbocycles. The maximum atomic E-state index is 4.80. The molecule has 25 heavy (non-hydrogen) atoms. The standard InChI is InChI=1S/C20H23N5/c1-24-10-3-4-16(14-24)15-25-11-7-19(23-25)17-5-2-6-18(12-17)20-13-21-8-9-22-20/h2,5-9,11-13,16H,3-4,10,14-15H2,1H3/t16-/m1/s1. The first-order chi connectivity index (χ1) is 12.3. The van der Waals surface area contributed by atoms with Gasteiger partial charge in [-0.3, -0.25) is 14.6 Å². The van der Waals surface area contributed by atoms with Crippen molar-refractivity contribution in [3.8, 4) is 22.5 Å². The Balaban J connectivity index is 1.52. The van der Waals surface area contributed by atoms with Crippen LogP contribution in [-0.4, -0.2) is 44.8 Å². The van der Waals surface area contributed by atoms with Gasteiger partial charge in [-0.15, -0.1) is 0 Å². The lowest BCUT2D eigenvalue weighted by atomic mass is 9.99. The van der Waals surface area contributed by atoms with Gasteiger partial charge in [0.25, 0.3) is 0 Å². The second-order valence-corrected chi connectivity index (χ2v) is 6.86. The highest BCUT2D eigenvalue weighted by Gasteiger charge is 2.18. The molecule has 3 aromatic rings. The van der Waals surface area contributed by atoms with E-state index in [2.05, 4.69) is 63.1 Å². The van der Waals surface area contributed by atoms with Crippen molar-refractivity contribution in [2.45, 2.75) is 19.4 Å². The van der Waals surface area contributed by atoms with Crippen LogP contribution in [0.25, 0.3) is 22.5 Å². The molecular weight excluding hydrogens is 310 g/mol. The molecule has 5 heteroatoms. The van der Waals surface area contributed by atoms with Crippen LogP contribution in [0.3, 0.4) is 0 Å². The van der Waals surface area contributed by atoms with Gasteiger partial charge in [-0.05, 0) is 44.5 Å². The van der Waals surface area contributed by atoms with Crippen LogP contribution in [0.15, 0.2) is 55.1 Å². The number of rotatable bonds is 4. The predicted octanol–water partition coefficient (Wildman–Crippen LogP) is 3.35. The molecule has 1 aliphatic rings. The van der Waals surface area contributed by atoms with Crippen molar-refractivity contribution in [2.24, 2.45) is 5.92 Å². The van der Waals surface area contributed by atoms with Crippen LogP contribution < -0.4 is 0 Å². The third-order valence-corrected chi connectivity index (χ3v) is 4.83. The lowest BCUT2D eigenvalue weighted by Gasteiger charge is -2.29. The van der Waals surface area contributed by atoms with E-state index in [4.69, 9.17) is 5.10 Å². The third-order valence-electron chi connectivity index (χ3n) is 4.83. The number of nitrogens with zero attached hydrogens (tertiary/aromatic N) is 5. The summed E-state index contributed by atoms with van der Waals surface area (Å²) in [6.45, 7) is 3.38. The third kappa shape index (κ3) is 3.77. The van der Waals surface area contributed by atoms with Crippen LogP contribution >= 0.6 is 0 Å². The molecule has 4 rings (SSSR count). The number of hydrogen-bond donors (Lipinski definition) is 0. The van der Waals surface area contributed by atoms with Crippen molar-refractivity contribution < 1.29 is 0 Å². The van der Waals surface area contributed by atoms with E-state index >= 15 is 0 Å². The van der Waals surface area contributed by atoms with E-state index in [1.54, 1.807) is 18.6 Å². The molecule has 5 nitrogen and oxygen atoms in total. The molecule has 0 bridgehead atoms. The second-order valence-electron chi connectivity index (χ2n) is 6.86. The van der Waals surface area contributed by atoms with Gasteiger partial charge in [-0.1, -0.05) is 18.2 Å². The molecule has 0 aliphatic carbocycles. The molecule has 2 aromatic heterocycles. The summed E-state index contributed by atoms with van der Waals surface area (Å²) in [7, 11) is 2.21. The summed E-state index contributed by atoms with van der Waals surface area (Å²) in [6.07, 6.45) is 9.88. The van der Waals surface area contributed by atoms with Crippen LogP contribution in [0.1, 0.15) is 12.8 Å². The van der Waals surface area contributed by atoms with Gasteiger partial charge in [-0.25, -0.2) is 0 Å². The normalized spacial score (nSPS) is 18.4. The summed E-state index contributed by atoms with van der Waals surface area (Å²) in [6, 6.07) is 10.4. The Labute approximate surface area is 148 Å². The molecule has 1 aliphatic heterocycles. The smallest absolute Gasteiger partial charge is 0.0923 e. The topological polar surface area (TPSA) is 46.8 Å². The maximum Gasteiger partial charge on any atom is 0.0923 e. The van der Waals surface area contributed by atoms with E-state index in [0.717, 1.165) is 35.6 Å². The van der Waals surface area contributed by atoms with Crippen LogP contribution in [0.2, 0.25) is 0 Å². The minimum absolute atomic E-state index is 0.692. The molecule has 1 aromatic carbocycles. The Morgan fingerprint density at radius 1 is 1.12 bits per heavy atom. The highest BCUT2D eigenvalue weighted by molar-refractivity contribution is 5.68. The summed E-state index contributed by atoms with van der Waals surface area (Å²) >= 11 is 0. The number of benzene rings is 1. The summed E-state index contributed by atoms with van der Waals surface area (Å²) in [4.78, 5) is 11.0. The minimum atomic E-state index is 0.692. The molecule has 0 radical (unpaired) electrons. The first-order valence-corrected chi connectivity index (χ1v) is 8.87. The Kier molecular flexibility index (Phi) is 4.57. The van der Waals surface area contributed by atoms with Crippen molar-refractivity contribution in [3.05, 3.63) is 55.1 Å². The largest absolute Gasteiger partial charge is 0.306 e. The van der Waals surface area contributed by atoms with Gasteiger partial charge < -0.3 is 4.90 Å². The Morgan fingerprint density at radius 3 is 2.80 bits per heavy atom. The minimum Gasteiger partial charge on any atom is -0.306 e.